The molecule has 0 aliphatic heterocycles. The van der Waals surface area contributed by atoms with Gasteiger partial charge in [-0.25, -0.2) is 14.6 Å². The Morgan fingerprint density at radius 3 is 2.75 bits per heavy atom. The van der Waals surface area contributed by atoms with Gasteiger partial charge in [0.1, 0.15) is 0 Å². The summed E-state index contributed by atoms with van der Waals surface area (Å²) in [7, 11) is 1.21. The highest BCUT2D eigenvalue weighted by Gasteiger charge is 2.14. The van der Waals surface area contributed by atoms with E-state index in [-0.39, 0.29) is 10.7 Å². The number of thiazole rings is 1. The smallest absolute Gasteiger partial charge is 0.365 e. The Bertz CT molecular complexity index is 319. The Morgan fingerprint density at radius 2 is 2.33 bits per heavy atom. The standard InChI is InChI=1S/C6H5NO4S/c1-11-6(10)3-2-12-4(7-3)5(8)9/h2H,1H3,(H,8,9). The second-order valence-electron chi connectivity index (χ2n) is 1.83. The minimum absolute atomic E-state index is 0.0277. The van der Waals surface area contributed by atoms with Gasteiger partial charge in [0, 0.05) is 5.38 Å². The number of carboxylic acid groups (broad SMARTS) is 1. The van der Waals surface area contributed by atoms with Crippen molar-refractivity contribution in [1.29, 1.82) is 0 Å². The number of aromatic carboxylic acids is 1. The van der Waals surface area contributed by atoms with Crippen LogP contribution in [0, 0.1) is 0 Å². The quantitative estimate of drug-likeness (QED) is 0.687. The summed E-state index contributed by atoms with van der Waals surface area (Å²) in [5, 5.41) is 9.68. The number of carbonyl (C=O) groups is 2. The van der Waals surface area contributed by atoms with Gasteiger partial charge in [0.05, 0.1) is 7.11 Å². The number of hydrogen-bond acceptors (Lipinski definition) is 5. The first-order chi connectivity index (χ1) is 5.65. The first-order valence-corrected chi connectivity index (χ1v) is 3.80. The molecule has 1 aromatic heterocycles. The zero-order valence-corrected chi connectivity index (χ0v) is 6.92. The molecule has 0 amide bonds. The molecule has 0 bridgehead atoms. The highest BCUT2D eigenvalue weighted by atomic mass is 32.1. The lowest BCUT2D eigenvalue weighted by molar-refractivity contribution is 0.0595. The molecule has 1 aromatic rings. The van der Waals surface area contributed by atoms with Crippen LogP contribution in [0.15, 0.2) is 5.38 Å². The summed E-state index contributed by atoms with van der Waals surface area (Å²) in [5.74, 6) is -1.77. The molecule has 64 valence electrons. The monoisotopic (exact) mass is 187 g/mol. The molecule has 0 fully saturated rings. The lowest BCUT2D eigenvalue weighted by atomic mass is 10.5. The molecule has 0 aliphatic carbocycles. The fourth-order valence-corrected chi connectivity index (χ4v) is 1.19. The topological polar surface area (TPSA) is 76.5 Å². The van der Waals surface area contributed by atoms with Crippen LogP contribution in [0.25, 0.3) is 0 Å². The number of esters is 1. The summed E-state index contributed by atoms with van der Waals surface area (Å²) in [6, 6.07) is 0. The van der Waals surface area contributed by atoms with Crippen LogP contribution in [0.3, 0.4) is 0 Å². The van der Waals surface area contributed by atoms with Crippen molar-refractivity contribution < 1.29 is 19.4 Å². The molecule has 1 heterocycles. The van der Waals surface area contributed by atoms with Gasteiger partial charge < -0.3 is 9.84 Å². The Labute approximate surface area is 71.6 Å². The minimum atomic E-state index is -1.14. The van der Waals surface area contributed by atoms with Gasteiger partial charge in [-0.3, -0.25) is 0 Å². The van der Waals surface area contributed by atoms with Crippen molar-refractivity contribution in [1.82, 2.24) is 4.98 Å². The van der Waals surface area contributed by atoms with Gasteiger partial charge in [0.15, 0.2) is 5.69 Å². The van der Waals surface area contributed by atoms with E-state index in [1.807, 2.05) is 0 Å². The lowest BCUT2D eigenvalue weighted by Gasteiger charge is -1.90. The van der Waals surface area contributed by atoms with E-state index in [4.69, 9.17) is 5.11 Å². The number of methoxy groups -OCH3 is 1. The van der Waals surface area contributed by atoms with Crippen LogP contribution in [0.1, 0.15) is 20.3 Å². The van der Waals surface area contributed by atoms with Crippen LogP contribution in [-0.2, 0) is 4.74 Å². The molecule has 0 saturated heterocycles. The number of aromatic nitrogens is 1. The number of ether oxygens (including phenoxy) is 1. The second-order valence-corrected chi connectivity index (χ2v) is 2.69. The van der Waals surface area contributed by atoms with E-state index in [0.29, 0.717) is 0 Å². The molecule has 0 aliphatic rings. The Balaban J connectivity index is 2.91. The molecular weight excluding hydrogens is 182 g/mol. The third-order valence-electron chi connectivity index (χ3n) is 1.08. The SMILES string of the molecule is COC(=O)c1csc(C(=O)O)n1. The van der Waals surface area contributed by atoms with Gasteiger partial charge in [-0.15, -0.1) is 11.3 Å². The number of rotatable bonds is 2. The molecule has 5 nitrogen and oxygen atoms in total. The molecule has 0 atom stereocenters. The lowest BCUT2D eigenvalue weighted by Crippen LogP contribution is -2.03. The van der Waals surface area contributed by atoms with Crippen molar-refractivity contribution >= 4 is 23.3 Å². The van der Waals surface area contributed by atoms with Crippen LogP contribution in [0.4, 0.5) is 0 Å². The fourth-order valence-electron chi connectivity index (χ4n) is 0.570. The Morgan fingerprint density at radius 1 is 1.67 bits per heavy atom. The summed E-state index contributed by atoms with van der Waals surface area (Å²) in [6.45, 7) is 0. The van der Waals surface area contributed by atoms with Crippen molar-refractivity contribution in [2.45, 2.75) is 0 Å². The van der Waals surface area contributed by atoms with Gasteiger partial charge in [-0.1, -0.05) is 0 Å². The summed E-state index contributed by atoms with van der Waals surface area (Å²) in [5.41, 5.74) is 0.0277. The molecule has 0 radical (unpaired) electrons. The molecule has 1 rings (SSSR count). The van der Waals surface area contributed by atoms with Gasteiger partial charge in [-0.05, 0) is 0 Å². The normalized spacial score (nSPS) is 9.42. The number of carboxylic acids is 1. The fraction of sp³-hybridized carbons (Fsp3) is 0.167. The van der Waals surface area contributed by atoms with E-state index in [9.17, 15) is 9.59 Å². The zero-order valence-electron chi connectivity index (χ0n) is 6.10. The molecule has 0 unspecified atom stereocenters. The molecule has 0 aromatic carbocycles. The summed E-state index contributed by atoms with van der Waals surface area (Å²) in [4.78, 5) is 24.6. The van der Waals surface area contributed by atoms with Crippen LogP contribution in [0.5, 0.6) is 0 Å². The van der Waals surface area contributed by atoms with Crippen LogP contribution in [-0.4, -0.2) is 29.1 Å². The van der Waals surface area contributed by atoms with Gasteiger partial charge in [0.2, 0.25) is 5.01 Å². The van der Waals surface area contributed by atoms with Crippen LogP contribution < -0.4 is 0 Å². The maximum Gasteiger partial charge on any atom is 0.365 e. The second kappa shape index (κ2) is 3.31. The molecule has 0 spiro atoms. The van der Waals surface area contributed by atoms with Crippen LogP contribution in [0.2, 0.25) is 0 Å². The van der Waals surface area contributed by atoms with E-state index in [0.717, 1.165) is 11.3 Å². The van der Waals surface area contributed by atoms with Crippen molar-refractivity contribution in [3.8, 4) is 0 Å². The average molecular weight is 187 g/mol. The van der Waals surface area contributed by atoms with Crippen molar-refractivity contribution in [2.75, 3.05) is 7.11 Å². The summed E-state index contributed by atoms with van der Waals surface area (Å²) >= 11 is 0.890. The van der Waals surface area contributed by atoms with Crippen molar-refractivity contribution in [2.24, 2.45) is 0 Å². The number of carbonyl (C=O) groups excluding carboxylic acids is 1. The maximum absolute atomic E-state index is 10.8. The Kier molecular flexibility index (Phi) is 2.39. The average Bonchev–Trinajstić information content (AvgIpc) is 2.51. The third-order valence-corrected chi connectivity index (χ3v) is 1.91. The highest BCUT2D eigenvalue weighted by molar-refractivity contribution is 7.11. The largest absolute Gasteiger partial charge is 0.476 e. The first-order valence-electron chi connectivity index (χ1n) is 2.92. The van der Waals surface area contributed by atoms with Crippen LogP contribution >= 0.6 is 11.3 Å². The van der Waals surface area contributed by atoms with Crippen molar-refractivity contribution in [3.05, 3.63) is 16.1 Å². The predicted molar refractivity (Wildman–Crippen MR) is 40.4 cm³/mol. The van der Waals surface area contributed by atoms with E-state index in [1.54, 1.807) is 0 Å². The maximum atomic E-state index is 10.8. The van der Waals surface area contributed by atoms with Crippen molar-refractivity contribution in [3.63, 3.8) is 0 Å². The zero-order chi connectivity index (χ0) is 9.14. The van der Waals surface area contributed by atoms with Gasteiger partial charge >= 0.3 is 11.9 Å². The van der Waals surface area contributed by atoms with E-state index in [1.165, 1.54) is 12.5 Å². The third kappa shape index (κ3) is 1.59. The van der Waals surface area contributed by atoms with E-state index in [2.05, 4.69) is 9.72 Å². The van der Waals surface area contributed by atoms with E-state index < -0.39 is 11.9 Å². The molecule has 12 heavy (non-hydrogen) atoms. The van der Waals surface area contributed by atoms with E-state index >= 15 is 0 Å². The number of hydrogen-bond donors (Lipinski definition) is 1. The van der Waals surface area contributed by atoms with Gasteiger partial charge in [-0.2, -0.15) is 0 Å². The predicted octanol–water partition coefficient (Wildman–Crippen LogP) is 0.628. The molecule has 0 saturated carbocycles. The van der Waals surface area contributed by atoms with Gasteiger partial charge in [0.25, 0.3) is 0 Å². The minimum Gasteiger partial charge on any atom is -0.476 e. The first kappa shape index (κ1) is 8.66. The molecule has 1 N–H and O–H groups in total. The molecular formula is C6H5NO4S. The number of nitrogens with zero attached hydrogens (tertiary/aromatic N) is 1. The summed E-state index contributed by atoms with van der Waals surface area (Å²) < 4.78 is 4.34. The molecule has 6 heteroatoms. The highest BCUT2D eigenvalue weighted by Crippen LogP contribution is 2.09. The Hall–Kier alpha value is -1.43. The summed E-state index contributed by atoms with van der Waals surface area (Å²) in [6.07, 6.45) is 0.